The lowest BCUT2D eigenvalue weighted by Crippen LogP contribution is -2.13. The van der Waals surface area contributed by atoms with Crippen LogP contribution in [0.15, 0.2) is 84.0 Å². The second-order valence-electron chi connectivity index (χ2n) is 5.99. The molecule has 0 aliphatic heterocycles. The number of nitrogens with zero attached hydrogens (tertiary/aromatic N) is 1. The Morgan fingerprint density at radius 1 is 0.833 bits per heavy atom. The molecule has 0 amide bonds. The van der Waals surface area contributed by atoms with Gasteiger partial charge in [-0.25, -0.2) is 0 Å². The highest BCUT2D eigenvalue weighted by atomic mass is 16.6. The Kier molecular flexibility index (Phi) is 9.66. The van der Waals surface area contributed by atoms with E-state index in [0.717, 1.165) is 23.2 Å². The number of hydrogen-bond acceptors (Lipinski definition) is 5. The van der Waals surface area contributed by atoms with Crippen molar-refractivity contribution in [3.8, 4) is 11.5 Å². The molecular weight excluding hydrogens is 378 g/mol. The third-order valence-electron chi connectivity index (χ3n) is 4.03. The Bertz CT molecular complexity index is 904. The molecule has 0 aliphatic carbocycles. The Balaban J connectivity index is 0.00000155. The zero-order chi connectivity index (χ0) is 21.6. The average molecular weight is 405 g/mol. The van der Waals surface area contributed by atoms with Crippen LogP contribution in [-0.4, -0.2) is 25.7 Å². The average Bonchev–Trinajstić information content (AvgIpc) is 2.83. The van der Waals surface area contributed by atoms with Gasteiger partial charge < -0.3 is 14.3 Å². The normalized spacial score (nSPS) is 10.4. The maximum atomic E-state index is 10.7. The predicted molar refractivity (Wildman–Crippen MR) is 119 cm³/mol. The van der Waals surface area contributed by atoms with Crippen molar-refractivity contribution in [3.05, 3.63) is 95.6 Å². The molecule has 3 rings (SSSR count). The van der Waals surface area contributed by atoms with Gasteiger partial charge in [-0.3, -0.25) is 4.79 Å². The number of benzene rings is 3. The van der Waals surface area contributed by atoms with Crippen molar-refractivity contribution in [2.24, 2.45) is 5.16 Å². The van der Waals surface area contributed by atoms with Crippen LogP contribution in [0.4, 0.5) is 0 Å². The molecule has 0 heterocycles. The van der Waals surface area contributed by atoms with E-state index in [2.05, 4.69) is 5.16 Å². The van der Waals surface area contributed by atoms with Crippen LogP contribution in [0, 0.1) is 0 Å². The van der Waals surface area contributed by atoms with Gasteiger partial charge >= 0.3 is 0 Å². The van der Waals surface area contributed by atoms with Gasteiger partial charge in [0.25, 0.3) is 0 Å². The van der Waals surface area contributed by atoms with Crippen LogP contribution in [0.2, 0.25) is 0 Å². The molecule has 3 aromatic carbocycles. The lowest BCUT2D eigenvalue weighted by Gasteiger charge is -2.10. The Labute approximate surface area is 177 Å². The van der Waals surface area contributed by atoms with Gasteiger partial charge in [0.15, 0.2) is 0 Å². The van der Waals surface area contributed by atoms with Crippen LogP contribution in [0.1, 0.15) is 35.3 Å². The summed E-state index contributed by atoms with van der Waals surface area (Å²) in [5.41, 5.74) is 3.31. The van der Waals surface area contributed by atoms with E-state index < -0.39 is 0 Å². The molecule has 5 heteroatoms. The first-order valence-electron chi connectivity index (χ1n) is 9.83. The van der Waals surface area contributed by atoms with Gasteiger partial charge in [-0.2, -0.15) is 0 Å². The van der Waals surface area contributed by atoms with Gasteiger partial charge in [0.2, 0.25) is 0 Å². The third kappa shape index (κ3) is 7.09. The van der Waals surface area contributed by atoms with Crippen molar-refractivity contribution < 1.29 is 19.1 Å². The van der Waals surface area contributed by atoms with Crippen molar-refractivity contribution in [2.75, 3.05) is 13.7 Å². The Morgan fingerprint density at radius 2 is 1.43 bits per heavy atom. The summed E-state index contributed by atoms with van der Waals surface area (Å²) in [5, 5.41) is 4.05. The number of rotatable bonds is 9. The lowest BCUT2D eigenvalue weighted by atomic mass is 10.1. The van der Waals surface area contributed by atoms with E-state index in [0.29, 0.717) is 30.2 Å². The highest BCUT2D eigenvalue weighted by molar-refractivity contribution is 6.01. The van der Waals surface area contributed by atoms with E-state index in [-0.39, 0.29) is 0 Å². The van der Waals surface area contributed by atoms with Gasteiger partial charge in [0, 0.05) is 11.1 Å². The highest BCUT2D eigenvalue weighted by Crippen LogP contribution is 2.17. The first kappa shape index (κ1) is 22.7. The van der Waals surface area contributed by atoms with Crippen molar-refractivity contribution in [3.63, 3.8) is 0 Å². The van der Waals surface area contributed by atoms with Gasteiger partial charge in [0.05, 0.1) is 0 Å². The monoisotopic (exact) mass is 405 g/mol. The van der Waals surface area contributed by atoms with Gasteiger partial charge in [-0.1, -0.05) is 61.5 Å². The molecule has 3 aromatic rings. The quantitative estimate of drug-likeness (QED) is 0.267. The zero-order valence-corrected chi connectivity index (χ0v) is 17.6. The van der Waals surface area contributed by atoms with E-state index in [1.165, 1.54) is 7.11 Å². The fourth-order valence-corrected chi connectivity index (χ4v) is 2.55. The molecule has 0 aliphatic rings. The first-order chi connectivity index (χ1) is 14.8. The van der Waals surface area contributed by atoms with Gasteiger partial charge in [-0.05, 0) is 42.0 Å². The minimum absolute atomic E-state index is 0.302. The maximum absolute atomic E-state index is 10.7. The van der Waals surface area contributed by atoms with Crippen molar-refractivity contribution in [2.45, 2.75) is 20.5 Å². The molecular formula is C25H27NO4. The van der Waals surface area contributed by atoms with Crippen LogP contribution in [-0.2, 0) is 11.4 Å². The van der Waals surface area contributed by atoms with Gasteiger partial charge in [-0.15, -0.1) is 0 Å². The molecule has 0 bridgehead atoms. The van der Waals surface area contributed by atoms with Gasteiger partial charge in [0.1, 0.15) is 43.8 Å². The molecule has 0 saturated heterocycles. The molecule has 156 valence electrons. The largest absolute Gasteiger partial charge is 0.489 e. The number of aldehydes is 1. The number of hydrogen-bond donors (Lipinski definition) is 0. The minimum atomic E-state index is 0.302. The third-order valence-corrected chi connectivity index (χ3v) is 4.03. The summed E-state index contributed by atoms with van der Waals surface area (Å²) in [6.45, 7) is 4.73. The van der Waals surface area contributed by atoms with Crippen molar-refractivity contribution >= 4 is 12.0 Å². The lowest BCUT2D eigenvalue weighted by molar-refractivity contribution is 0.112. The van der Waals surface area contributed by atoms with E-state index in [1.54, 1.807) is 24.3 Å². The maximum Gasteiger partial charge on any atom is 0.150 e. The molecule has 0 unspecified atom stereocenters. The summed E-state index contributed by atoms with van der Waals surface area (Å²) in [5.74, 6) is 1.45. The molecule has 0 aromatic heterocycles. The van der Waals surface area contributed by atoms with E-state index >= 15 is 0 Å². The molecule has 0 atom stereocenters. The molecule has 0 N–H and O–H groups in total. The summed E-state index contributed by atoms with van der Waals surface area (Å²) in [7, 11) is 1.52. The molecule has 0 spiro atoms. The van der Waals surface area contributed by atoms with Crippen LogP contribution in [0.25, 0.3) is 0 Å². The summed E-state index contributed by atoms with van der Waals surface area (Å²) >= 11 is 0. The molecule has 0 saturated carbocycles. The number of carbonyl (C=O) groups excluding carboxylic acids is 1. The van der Waals surface area contributed by atoms with Crippen LogP contribution < -0.4 is 9.47 Å². The standard InChI is InChI=1S/C23H21NO4.C2H6/c1-26-24-23(20-5-3-2-4-6-20)17-28-22-13-9-19(10-14-22)16-27-21-11-7-18(15-25)8-12-21;1-2/h2-15H,16-17H2,1H3;1-2H3/b24-23+;. The summed E-state index contributed by atoms with van der Waals surface area (Å²) in [6.07, 6.45) is 0.809. The highest BCUT2D eigenvalue weighted by Gasteiger charge is 2.06. The fraction of sp³-hybridized carbons (Fsp3) is 0.200. The summed E-state index contributed by atoms with van der Waals surface area (Å²) in [4.78, 5) is 15.6. The Hall–Kier alpha value is -3.60. The van der Waals surface area contributed by atoms with Crippen LogP contribution >= 0.6 is 0 Å². The molecule has 5 nitrogen and oxygen atoms in total. The molecule has 30 heavy (non-hydrogen) atoms. The SMILES string of the molecule is CC.CO/N=C(\COc1ccc(COc2ccc(C=O)cc2)cc1)c1ccccc1. The topological polar surface area (TPSA) is 57.1 Å². The van der Waals surface area contributed by atoms with Crippen LogP contribution in [0.3, 0.4) is 0 Å². The number of oxime groups is 1. The predicted octanol–water partition coefficient (Wildman–Crippen LogP) is 5.53. The van der Waals surface area contributed by atoms with E-state index in [1.807, 2.05) is 68.4 Å². The van der Waals surface area contributed by atoms with E-state index in [9.17, 15) is 4.79 Å². The Morgan fingerprint density at radius 3 is 2.03 bits per heavy atom. The summed E-state index contributed by atoms with van der Waals surface area (Å²) in [6, 6.07) is 24.5. The minimum Gasteiger partial charge on any atom is -0.489 e. The second kappa shape index (κ2) is 12.8. The zero-order valence-electron chi connectivity index (χ0n) is 17.6. The fourth-order valence-electron chi connectivity index (χ4n) is 2.55. The molecule has 0 radical (unpaired) electrons. The van der Waals surface area contributed by atoms with Crippen molar-refractivity contribution in [1.29, 1.82) is 0 Å². The summed E-state index contributed by atoms with van der Waals surface area (Å²) < 4.78 is 11.6. The molecule has 0 fully saturated rings. The first-order valence-corrected chi connectivity index (χ1v) is 9.83. The number of carbonyl (C=O) groups is 1. The van der Waals surface area contributed by atoms with Crippen LogP contribution in [0.5, 0.6) is 11.5 Å². The smallest absolute Gasteiger partial charge is 0.150 e. The second-order valence-corrected chi connectivity index (χ2v) is 5.99. The van der Waals surface area contributed by atoms with E-state index in [4.69, 9.17) is 14.3 Å². The number of ether oxygens (including phenoxy) is 2. The van der Waals surface area contributed by atoms with Crippen molar-refractivity contribution in [1.82, 2.24) is 0 Å².